The van der Waals surface area contributed by atoms with Crippen molar-refractivity contribution in [1.29, 1.82) is 0 Å². The summed E-state index contributed by atoms with van der Waals surface area (Å²) in [6, 6.07) is 17.9. The van der Waals surface area contributed by atoms with Crippen molar-refractivity contribution < 1.29 is 14.6 Å². The number of hydrogen-bond acceptors (Lipinski definition) is 2. The average molecular weight is 352 g/mol. The fourth-order valence-corrected chi connectivity index (χ4v) is 2.78. The minimum atomic E-state index is -1.02. The summed E-state index contributed by atoms with van der Waals surface area (Å²) in [5, 5.41) is 9.35. The van der Waals surface area contributed by atoms with E-state index in [0.29, 0.717) is 6.61 Å². The van der Waals surface area contributed by atoms with E-state index >= 15 is 0 Å². The van der Waals surface area contributed by atoms with Gasteiger partial charge in [-0.15, -0.1) is 0 Å². The molecule has 1 N–H and O–H groups in total. The number of hydrogen-bond donors (Lipinski definition) is 1. The molecule has 0 heterocycles. The fourth-order valence-electron chi connectivity index (χ4n) is 2.78. The maximum atomic E-state index is 11.4. The lowest BCUT2D eigenvalue weighted by molar-refractivity contribution is -0.136. The molecule has 26 heavy (non-hydrogen) atoms. The van der Waals surface area contributed by atoms with Crippen molar-refractivity contribution >= 4 is 12.0 Å². The van der Waals surface area contributed by atoms with E-state index in [1.165, 1.54) is 25.7 Å². The molecule has 0 spiro atoms. The molecular formula is C23H28O3. The summed E-state index contributed by atoms with van der Waals surface area (Å²) < 4.78 is 5.49. The van der Waals surface area contributed by atoms with E-state index in [9.17, 15) is 9.90 Å². The highest BCUT2D eigenvalue weighted by atomic mass is 16.5. The molecule has 0 aliphatic rings. The Kier molecular flexibility index (Phi) is 8.47. The predicted molar refractivity (Wildman–Crippen MR) is 107 cm³/mol. The standard InChI is InChI=1S/C23H28O3/c1-2-3-4-5-6-10-17-26-22(23(24)25)18-19-13-15-21(16-14-19)20-11-8-7-9-12-20/h7-9,11-16,18H,2-6,10,17H2,1H3,(H,24,25). The van der Waals surface area contributed by atoms with Gasteiger partial charge in [-0.3, -0.25) is 0 Å². The van der Waals surface area contributed by atoms with Crippen LogP contribution in [-0.2, 0) is 9.53 Å². The molecule has 2 aromatic carbocycles. The highest BCUT2D eigenvalue weighted by molar-refractivity contribution is 5.90. The first-order valence-electron chi connectivity index (χ1n) is 9.44. The number of unbranched alkanes of at least 4 members (excludes halogenated alkanes) is 5. The van der Waals surface area contributed by atoms with Crippen LogP contribution < -0.4 is 0 Å². The maximum Gasteiger partial charge on any atom is 0.371 e. The van der Waals surface area contributed by atoms with Gasteiger partial charge in [-0.2, -0.15) is 0 Å². The second kappa shape index (κ2) is 11.1. The third-order valence-corrected chi connectivity index (χ3v) is 4.28. The summed E-state index contributed by atoms with van der Waals surface area (Å²) >= 11 is 0. The van der Waals surface area contributed by atoms with Gasteiger partial charge in [0.25, 0.3) is 0 Å². The number of carboxylic acids is 1. The zero-order chi connectivity index (χ0) is 18.6. The number of rotatable bonds is 11. The lowest BCUT2D eigenvalue weighted by Crippen LogP contribution is -2.06. The SMILES string of the molecule is CCCCCCCCOC(=Cc1ccc(-c2ccccc2)cc1)C(=O)O. The van der Waals surface area contributed by atoms with E-state index in [2.05, 4.69) is 19.1 Å². The summed E-state index contributed by atoms with van der Waals surface area (Å²) in [6.45, 7) is 2.64. The Labute approximate surface area is 156 Å². The average Bonchev–Trinajstić information content (AvgIpc) is 2.67. The number of carboxylic acid groups (broad SMARTS) is 1. The maximum absolute atomic E-state index is 11.4. The van der Waals surface area contributed by atoms with Crippen LogP contribution in [0.5, 0.6) is 0 Å². The van der Waals surface area contributed by atoms with E-state index in [4.69, 9.17) is 4.74 Å². The van der Waals surface area contributed by atoms with Crippen molar-refractivity contribution in [2.24, 2.45) is 0 Å². The summed E-state index contributed by atoms with van der Waals surface area (Å²) in [5.41, 5.74) is 3.07. The van der Waals surface area contributed by atoms with E-state index in [1.54, 1.807) is 6.08 Å². The number of carbonyl (C=O) groups is 1. The highest BCUT2D eigenvalue weighted by Crippen LogP contribution is 2.20. The molecule has 2 rings (SSSR count). The van der Waals surface area contributed by atoms with Gasteiger partial charge in [0.2, 0.25) is 5.76 Å². The zero-order valence-corrected chi connectivity index (χ0v) is 15.5. The minimum absolute atomic E-state index is 0.00557. The molecule has 0 atom stereocenters. The van der Waals surface area contributed by atoms with Crippen LogP contribution in [0.3, 0.4) is 0 Å². The molecular weight excluding hydrogens is 324 g/mol. The minimum Gasteiger partial charge on any atom is -0.487 e. The molecule has 138 valence electrons. The Morgan fingerprint density at radius 1 is 0.885 bits per heavy atom. The molecule has 0 aromatic heterocycles. The van der Waals surface area contributed by atoms with E-state index in [1.807, 2.05) is 42.5 Å². The molecule has 0 aliphatic carbocycles. The van der Waals surface area contributed by atoms with Crippen LogP contribution in [0.25, 0.3) is 17.2 Å². The van der Waals surface area contributed by atoms with Gasteiger partial charge < -0.3 is 9.84 Å². The van der Waals surface area contributed by atoms with Crippen LogP contribution in [0.1, 0.15) is 51.0 Å². The summed E-state index contributed by atoms with van der Waals surface area (Å²) in [5.74, 6) is -1.02. The quantitative estimate of drug-likeness (QED) is 0.299. The number of aliphatic carboxylic acids is 1. The second-order valence-electron chi connectivity index (χ2n) is 6.42. The van der Waals surface area contributed by atoms with Gasteiger partial charge in [0.15, 0.2) is 0 Å². The molecule has 0 unspecified atom stereocenters. The van der Waals surface area contributed by atoms with Crippen LogP contribution >= 0.6 is 0 Å². The first-order chi connectivity index (χ1) is 12.7. The monoisotopic (exact) mass is 352 g/mol. The molecule has 0 amide bonds. The molecule has 0 saturated carbocycles. The van der Waals surface area contributed by atoms with Crippen molar-refractivity contribution in [2.45, 2.75) is 45.4 Å². The largest absolute Gasteiger partial charge is 0.487 e. The van der Waals surface area contributed by atoms with Gasteiger partial charge in [-0.1, -0.05) is 93.6 Å². The van der Waals surface area contributed by atoms with Crippen LogP contribution in [0, 0.1) is 0 Å². The summed E-state index contributed by atoms with van der Waals surface area (Å²) in [6.07, 6.45) is 8.48. The molecule has 0 fully saturated rings. The molecule has 0 saturated heterocycles. The van der Waals surface area contributed by atoms with Crippen LogP contribution in [-0.4, -0.2) is 17.7 Å². The number of benzene rings is 2. The molecule has 0 aliphatic heterocycles. The Morgan fingerprint density at radius 2 is 1.50 bits per heavy atom. The van der Waals surface area contributed by atoms with Crippen molar-refractivity contribution in [3.05, 3.63) is 65.9 Å². The van der Waals surface area contributed by atoms with E-state index in [-0.39, 0.29) is 5.76 Å². The van der Waals surface area contributed by atoms with Gasteiger partial charge in [0.05, 0.1) is 6.61 Å². The number of ether oxygens (including phenoxy) is 1. The van der Waals surface area contributed by atoms with Gasteiger partial charge in [0.1, 0.15) is 0 Å². The first kappa shape index (κ1) is 19.8. The molecule has 0 radical (unpaired) electrons. The molecule has 3 heteroatoms. The molecule has 3 nitrogen and oxygen atoms in total. The fraction of sp³-hybridized carbons (Fsp3) is 0.348. The Morgan fingerprint density at radius 3 is 2.15 bits per heavy atom. The van der Waals surface area contributed by atoms with Gasteiger partial charge in [0, 0.05) is 0 Å². The smallest absolute Gasteiger partial charge is 0.371 e. The Hall–Kier alpha value is -2.55. The van der Waals surface area contributed by atoms with Crippen LogP contribution in [0.15, 0.2) is 60.4 Å². The van der Waals surface area contributed by atoms with E-state index < -0.39 is 5.97 Å². The predicted octanol–water partition coefficient (Wildman–Crippen LogP) is 6.16. The van der Waals surface area contributed by atoms with Crippen LogP contribution in [0.2, 0.25) is 0 Å². The molecule has 2 aromatic rings. The van der Waals surface area contributed by atoms with Crippen molar-refractivity contribution in [3.8, 4) is 11.1 Å². The Balaban J connectivity index is 1.90. The normalized spacial score (nSPS) is 11.3. The van der Waals surface area contributed by atoms with Gasteiger partial charge in [-0.25, -0.2) is 4.79 Å². The third-order valence-electron chi connectivity index (χ3n) is 4.28. The zero-order valence-electron chi connectivity index (χ0n) is 15.5. The molecule has 0 bridgehead atoms. The summed E-state index contributed by atoms with van der Waals surface area (Å²) in [7, 11) is 0. The van der Waals surface area contributed by atoms with Gasteiger partial charge >= 0.3 is 5.97 Å². The van der Waals surface area contributed by atoms with Gasteiger partial charge in [-0.05, 0) is 29.2 Å². The Bertz CT molecular complexity index is 687. The third kappa shape index (κ3) is 6.75. The van der Waals surface area contributed by atoms with Crippen molar-refractivity contribution in [2.75, 3.05) is 6.61 Å². The summed E-state index contributed by atoms with van der Waals surface area (Å²) in [4.78, 5) is 11.4. The van der Waals surface area contributed by atoms with Crippen molar-refractivity contribution in [1.82, 2.24) is 0 Å². The van der Waals surface area contributed by atoms with E-state index in [0.717, 1.165) is 29.5 Å². The first-order valence-corrected chi connectivity index (χ1v) is 9.44. The highest BCUT2D eigenvalue weighted by Gasteiger charge is 2.09. The van der Waals surface area contributed by atoms with Crippen molar-refractivity contribution in [3.63, 3.8) is 0 Å². The topological polar surface area (TPSA) is 46.5 Å². The van der Waals surface area contributed by atoms with Crippen LogP contribution in [0.4, 0.5) is 0 Å². The second-order valence-corrected chi connectivity index (χ2v) is 6.42. The lowest BCUT2D eigenvalue weighted by Gasteiger charge is -2.07. The lowest BCUT2D eigenvalue weighted by atomic mass is 10.0.